The molecule has 0 radical (unpaired) electrons. The number of hydrogen-bond acceptors (Lipinski definition) is 2. The Morgan fingerprint density at radius 2 is 1.79 bits per heavy atom. The first-order chi connectivity index (χ1) is 11.6. The molecule has 1 aliphatic rings. The van der Waals surface area contributed by atoms with Crippen LogP contribution in [-0.2, 0) is 24.2 Å². The Balaban J connectivity index is 1.49. The maximum Gasteiger partial charge on any atom is 0.220 e. The summed E-state index contributed by atoms with van der Waals surface area (Å²) in [6.07, 6.45) is 3.74. The van der Waals surface area contributed by atoms with Crippen LogP contribution >= 0.6 is 11.6 Å². The van der Waals surface area contributed by atoms with Crippen molar-refractivity contribution in [3.63, 3.8) is 0 Å². The lowest BCUT2D eigenvalue weighted by Crippen LogP contribution is -2.23. The molecule has 0 saturated heterocycles. The summed E-state index contributed by atoms with van der Waals surface area (Å²) in [5, 5.41) is 3.44. The molecule has 4 heteroatoms. The number of ketones is 1. The maximum atomic E-state index is 12.3. The summed E-state index contributed by atoms with van der Waals surface area (Å²) in [6, 6.07) is 13.3. The van der Waals surface area contributed by atoms with Crippen LogP contribution in [0.5, 0.6) is 0 Å². The Morgan fingerprint density at radius 3 is 2.62 bits per heavy atom. The highest BCUT2D eigenvalue weighted by Gasteiger charge is 2.15. The quantitative estimate of drug-likeness (QED) is 0.804. The van der Waals surface area contributed by atoms with E-state index in [0.717, 1.165) is 30.4 Å². The number of carbonyl (C=O) groups is 2. The van der Waals surface area contributed by atoms with Crippen LogP contribution in [0, 0.1) is 0 Å². The molecule has 0 spiro atoms. The van der Waals surface area contributed by atoms with E-state index in [-0.39, 0.29) is 24.5 Å². The molecule has 0 fully saturated rings. The second kappa shape index (κ2) is 7.63. The molecule has 0 bridgehead atoms. The minimum Gasteiger partial charge on any atom is -0.352 e. The molecule has 0 atom stereocenters. The van der Waals surface area contributed by atoms with E-state index in [1.807, 2.05) is 36.4 Å². The van der Waals surface area contributed by atoms with E-state index in [4.69, 9.17) is 11.6 Å². The number of rotatable bonds is 6. The monoisotopic (exact) mass is 341 g/mol. The molecule has 3 rings (SSSR count). The van der Waals surface area contributed by atoms with Gasteiger partial charge in [-0.3, -0.25) is 9.59 Å². The van der Waals surface area contributed by atoms with Crippen molar-refractivity contribution in [2.75, 3.05) is 0 Å². The van der Waals surface area contributed by atoms with Gasteiger partial charge in [0.25, 0.3) is 0 Å². The molecular weight excluding hydrogens is 322 g/mol. The predicted octanol–water partition coefficient (Wildman–Crippen LogP) is 4.11. The fourth-order valence-electron chi connectivity index (χ4n) is 3.04. The molecule has 0 heterocycles. The van der Waals surface area contributed by atoms with Gasteiger partial charge in [0.15, 0.2) is 5.78 Å². The van der Waals surface area contributed by atoms with Gasteiger partial charge >= 0.3 is 0 Å². The molecule has 3 nitrogen and oxygen atoms in total. The second-order valence-corrected chi connectivity index (χ2v) is 6.54. The molecule has 0 saturated carbocycles. The van der Waals surface area contributed by atoms with Crippen LogP contribution in [0.15, 0.2) is 42.5 Å². The SMILES string of the molecule is O=C(CCC(=O)c1ccc2c(c1)CCC2)NCc1ccccc1Cl. The molecule has 2 aromatic rings. The molecule has 24 heavy (non-hydrogen) atoms. The lowest BCUT2D eigenvalue weighted by molar-refractivity contribution is -0.121. The molecule has 0 aliphatic heterocycles. The van der Waals surface area contributed by atoms with E-state index in [1.165, 1.54) is 11.1 Å². The van der Waals surface area contributed by atoms with Gasteiger partial charge in [0.1, 0.15) is 0 Å². The number of amides is 1. The molecule has 0 aromatic heterocycles. The summed E-state index contributed by atoms with van der Waals surface area (Å²) in [4.78, 5) is 24.2. The van der Waals surface area contributed by atoms with E-state index in [9.17, 15) is 9.59 Å². The summed E-state index contributed by atoms with van der Waals surface area (Å²) in [7, 11) is 0. The van der Waals surface area contributed by atoms with Crippen LogP contribution < -0.4 is 5.32 Å². The Kier molecular flexibility index (Phi) is 5.31. The summed E-state index contributed by atoms with van der Waals surface area (Å²) in [5.74, 6) is -0.109. The van der Waals surface area contributed by atoms with Gasteiger partial charge in [0.05, 0.1) is 0 Å². The Hall–Kier alpha value is -2.13. The number of Topliss-reactive ketones (excluding diaryl/α,β-unsaturated/α-hetero) is 1. The van der Waals surface area contributed by atoms with Gasteiger partial charge in [-0.15, -0.1) is 0 Å². The highest BCUT2D eigenvalue weighted by Crippen LogP contribution is 2.23. The summed E-state index contributed by atoms with van der Waals surface area (Å²) in [6.45, 7) is 0.380. The number of aryl methyl sites for hydroxylation is 2. The van der Waals surface area contributed by atoms with E-state index in [1.54, 1.807) is 6.07 Å². The Morgan fingerprint density at radius 1 is 1.00 bits per heavy atom. The summed E-state index contributed by atoms with van der Waals surface area (Å²) >= 11 is 6.06. The van der Waals surface area contributed by atoms with Crippen molar-refractivity contribution in [1.29, 1.82) is 0 Å². The minimum absolute atomic E-state index is 0.0255. The summed E-state index contributed by atoms with van der Waals surface area (Å²) in [5.41, 5.74) is 4.22. The topological polar surface area (TPSA) is 46.2 Å². The Labute approximate surface area is 147 Å². The minimum atomic E-state index is -0.135. The van der Waals surface area contributed by atoms with Gasteiger partial charge in [-0.2, -0.15) is 0 Å². The van der Waals surface area contributed by atoms with Gasteiger partial charge in [-0.1, -0.05) is 41.9 Å². The fourth-order valence-corrected chi connectivity index (χ4v) is 3.24. The Bertz CT molecular complexity index is 770. The lowest BCUT2D eigenvalue weighted by atomic mass is 10.0. The third-order valence-corrected chi connectivity index (χ3v) is 4.80. The number of hydrogen-bond donors (Lipinski definition) is 1. The molecule has 0 unspecified atom stereocenters. The van der Waals surface area contributed by atoms with Crippen molar-refractivity contribution >= 4 is 23.3 Å². The van der Waals surface area contributed by atoms with Crippen molar-refractivity contribution in [3.05, 3.63) is 69.7 Å². The van der Waals surface area contributed by atoms with E-state index < -0.39 is 0 Å². The highest BCUT2D eigenvalue weighted by atomic mass is 35.5. The summed E-state index contributed by atoms with van der Waals surface area (Å²) < 4.78 is 0. The number of benzene rings is 2. The number of fused-ring (bicyclic) bond motifs is 1. The third kappa shape index (κ3) is 4.04. The second-order valence-electron chi connectivity index (χ2n) is 6.13. The van der Waals surface area contributed by atoms with Crippen molar-refractivity contribution in [1.82, 2.24) is 5.32 Å². The van der Waals surface area contributed by atoms with Gasteiger partial charge in [0.2, 0.25) is 5.91 Å². The first-order valence-corrected chi connectivity index (χ1v) is 8.66. The average Bonchev–Trinajstić information content (AvgIpc) is 3.06. The van der Waals surface area contributed by atoms with Gasteiger partial charge in [0, 0.05) is 30.0 Å². The first-order valence-electron chi connectivity index (χ1n) is 8.28. The first kappa shape index (κ1) is 16.7. The van der Waals surface area contributed by atoms with Gasteiger partial charge in [-0.25, -0.2) is 0 Å². The molecular formula is C20H20ClNO2. The largest absolute Gasteiger partial charge is 0.352 e. The van der Waals surface area contributed by atoms with Crippen LogP contribution in [0.4, 0.5) is 0 Å². The molecule has 1 amide bonds. The van der Waals surface area contributed by atoms with Crippen LogP contribution in [0.3, 0.4) is 0 Å². The molecule has 2 aromatic carbocycles. The van der Waals surface area contributed by atoms with Crippen LogP contribution in [0.1, 0.15) is 46.3 Å². The van der Waals surface area contributed by atoms with E-state index in [2.05, 4.69) is 5.32 Å². The van der Waals surface area contributed by atoms with Crippen molar-refractivity contribution in [2.45, 2.75) is 38.6 Å². The highest BCUT2D eigenvalue weighted by molar-refractivity contribution is 6.31. The number of carbonyl (C=O) groups excluding carboxylic acids is 2. The van der Waals surface area contributed by atoms with Crippen LogP contribution in [0.2, 0.25) is 5.02 Å². The smallest absolute Gasteiger partial charge is 0.220 e. The zero-order chi connectivity index (χ0) is 16.9. The van der Waals surface area contributed by atoms with Crippen molar-refractivity contribution in [3.8, 4) is 0 Å². The number of nitrogens with one attached hydrogen (secondary N) is 1. The molecule has 1 aliphatic carbocycles. The average molecular weight is 342 g/mol. The molecule has 124 valence electrons. The number of halogens is 1. The van der Waals surface area contributed by atoms with Crippen LogP contribution in [0.25, 0.3) is 0 Å². The standard InChI is InChI=1S/C20H20ClNO2/c21-18-7-2-1-4-17(18)13-22-20(24)11-10-19(23)16-9-8-14-5-3-6-15(14)12-16/h1-2,4,7-9,12H,3,5-6,10-11,13H2,(H,22,24). The van der Waals surface area contributed by atoms with E-state index in [0.29, 0.717) is 11.6 Å². The maximum absolute atomic E-state index is 12.3. The van der Waals surface area contributed by atoms with Crippen molar-refractivity contribution < 1.29 is 9.59 Å². The fraction of sp³-hybridized carbons (Fsp3) is 0.300. The van der Waals surface area contributed by atoms with E-state index >= 15 is 0 Å². The zero-order valence-electron chi connectivity index (χ0n) is 13.5. The van der Waals surface area contributed by atoms with Gasteiger partial charge in [-0.05, 0) is 48.1 Å². The van der Waals surface area contributed by atoms with Gasteiger partial charge < -0.3 is 5.32 Å². The van der Waals surface area contributed by atoms with Crippen molar-refractivity contribution in [2.24, 2.45) is 0 Å². The lowest BCUT2D eigenvalue weighted by Gasteiger charge is -2.07. The normalized spacial score (nSPS) is 12.7. The predicted molar refractivity (Wildman–Crippen MR) is 95.3 cm³/mol. The molecule has 1 N–H and O–H groups in total. The zero-order valence-corrected chi connectivity index (χ0v) is 14.2. The third-order valence-electron chi connectivity index (χ3n) is 4.43. The van der Waals surface area contributed by atoms with Crippen LogP contribution in [-0.4, -0.2) is 11.7 Å².